The summed E-state index contributed by atoms with van der Waals surface area (Å²) in [6.45, 7) is 3.30. The van der Waals surface area contributed by atoms with E-state index in [1.165, 1.54) is 6.92 Å². The molecule has 118 valence electrons. The second-order valence-corrected chi connectivity index (χ2v) is 5.04. The van der Waals surface area contributed by atoms with Crippen molar-refractivity contribution in [2.24, 2.45) is 0 Å². The first-order chi connectivity index (χ1) is 10.9. The molecule has 2 aromatic rings. The van der Waals surface area contributed by atoms with Gasteiger partial charge >= 0.3 is 11.8 Å². The zero-order valence-electron chi connectivity index (χ0n) is 12.8. The summed E-state index contributed by atoms with van der Waals surface area (Å²) in [5.74, 6) is -1.69. The lowest BCUT2D eigenvalue weighted by Gasteiger charge is -2.08. The summed E-state index contributed by atoms with van der Waals surface area (Å²) in [6.07, 6.45) is 0. The Kier molecular flexibility index (Phi) is 5.09. The molecule has 0 unspecified atom stereocenters. The van der Waals surface area contributed by atoms with E-state index in [0.717, 1.165) is 5.56 Å². The SMILES string of the molecule is CC(=O)Nc1ccc(NC(=O)C(=O)Nc2cccc(C)c2)cc1. The number of carbonyl (C=O) groups is 3. The second-order valence-electron chi connectivity index (χ2n) is 5.04. The highest BCUT2D eigenvalue weighted by Gasteiger charge is 2.14. The topological polar surface area (TPSA) is 87.3 Å². The molecule has 3 amide bonds. The number of nitrogens with one attached hydrogen (secondary N) is 3. The number of benzene rings is 2. The fraction of sp³-hybridized carbons (Fsp3) is 0.118. The van der Waals surface area contributed by atoms with E-state index in [1.807, 2.05) is 13.0 Å². The summed E-state index contributed by atoms with van der Waals surface area (Å²) < 4.78 is 0. The average molecular weight is 311 g/mol. The van der Waals surface area contributed by atoms with Gasteiger partial charge in [-0.05, 0) is 48.9 Å². The highest BCUT2D eigenvalue weighted by molar-refractivity contribution is 6.43. The second kappa shape index (κ2) is 7.22. The van der Waals surface area contributed by atoms with Crippen LogP contribution < -0.4 is 16.0 Å². The zero-order valence-corrected chi connectivity index (χ0v) is 12.8. The van der Waals surface area contributed by atoms with Gasteiger partial charge < -0.3 is 16.0 Å². The molecular weight excluding hydrogens is 294 g/mol. The molecule has 0 fully saturated rings. The van der Waals surface area contributed by atoms with Crippen molar-refractivity contribution in [2.45, 2.75) is 13.8 Å². The molecule has 0 saturated heterocycles. The van der Waals surface area contributed by atoms with E-state index in [-0.39, 0.29) is 5.91 Å². The van der Waals surface area contributed by atoms with Crippen molar-refractivity contribution in [3.8, 4) is 0 Å². The van der Waals surface area contributed by atoms with E-state index in [9.17, 15) is 14.4 Å². The first-order valence-corrected chi connectivity index (χ1v) is 7.01. The Hall–Kier alpha value is -3.15. The fourth-order valence-electron chi connectivity index (χ4n) is 1.94. The summed E-state index contributed by atoms with van der Waals surface area (Å²) in [4.78, 5) is 34.7. The number of hydrogen-bond donors (Lipinski definition) is 3. The Bertz CT molecular complexity index is 739. The molecule has 2 aromatic carbocycles. The van der Waals surface area contributed by atoms with E-state index >= 15 is 0 Å². The third kappa shape index (κ3) is 4.96. The van der Waals surface area contributed by atoms with Gasteiger partial charge in [0.25, 0.3) is 0 Å². The standard InChI is InChI=1S/C17H17N3O3/c1-11-4-3-5-15(10-11)20-17(23)16(22)19-14-8-6-13(7-9-14)18-12(2)21/h3-10H,1-2H3,(H,18,21)(H,19,22)(H,20,23). The van der Waals surface area contributed by atoms with Crippen LogP contribution in [0.3, 0.4) is 0 Å². The third-order valence-corrected chi connectivity index (χ3v) is 2.95. The Labute approximate surface area is 133 Å². The highest BCUT2D eigenvalue weighted by atomic mass is 16.2. The predicted octanol–water partition coefficient (Wildman–Crippen LogP) is 2.53. The fourth-order valence-corrected chi connectivity index (χ4v) is 1.94. The van der Waals surface area contributed by atoms with Crippen LogP contribution in [0.25, 0.3) is 0 Å². The zero-order chi connectivity index (χ0) is 16.8. The normalized spacial score (nSPS) is 9.83. The van der Waals surface area contributed by atoms with Crippen LogP contribution in [-0.2, 0) is 14.4 Å². The lowest BCUT2D eigenvalue weighted by atomic mass is 10.2. The maximum atomic E-state index is 11.9. The summed E-state index contributed by atoms with van der Waals surface area (Å²) in [6, 6.07) is 13.6. The van der Waals surface area contributed by atoms with Gasteiger partial charge in [0, 0.05) is 24.0 Å². The first kappa shape index (κ1) is 16.2. The van der Waals surface area contributed by atoms with Crippen molar-refractivity contribution < 1.29 is 14.4 Å². The van der Waals surface area contributed by atoms with Crippen molar-refractivity contribution >= 4 is 34.8 Å². The van der Waals surface area contributed by atoms with Gasteiger partial charge in [0.1, 0.15) is 0 Å². The molecule has 0 saturated carbocycles. The number of rotatable bonds is 3. The van der Waals surface area contributed by atoms with Gasteiger partial charge in [0.05, 0.1) is 0 Å². The largest absolute Gasteiger partial charge is 0.326 e. The number of carbonyl (C=O) groups excluding carboxylic acids is 3. The maximum absolute atomic E-state index is 11.9. The minimum absolute atomic E-state index is 0.181. The minimum atomic E-state index is -0.765. The highest BCUT2D eigenvalue weighted by Crippen LogP contribution is 2.14. The van der Waals surface area contributed by atoms with E-state index < -0.39 is 11.8 Å². The van der Waals surface area contributed by atoms with Crippen LogP contribution in [0, 0.1) is 6.92 Å². The molecule has 2 rings (SSSR count). The molecule has 0 heterocycles. The summed E-state index contributed by atoms with van der Waals surface area (Å²) in [5.41, 5.74) is 2.62. The van der Waals surface area contributed by atoms with Crippen molar-refractivity contribution in [2.75, 3.05) is 16.0 Å². The van der Waals surface area contributed by atoms with Crippen LogP contribution in [0.1, 0.15) is 12.5 Å². The molecule has 6 nitrogen and oxygen atoms in total. The van der Waals surface area contributed by atoms with Crippen molar-refractivity contribution in [3.63, 3.8) is 0 Å². The average Bonchev–Trinajstić information content (AvgIpc) is 2.48. The van der Waals surface area contributed by atoms with E-state index in [4.69, 9.17) is 0 Å². The quantitative estimate of drug-likeness (QED) is 0.761. The molecule has 0 aliphatic carbocycles. The molecular formula is C17H17N3O3. The third-order valence-electron chi connectivity index (χ3n) is 2.95. The molecule has 0 atom stereocenters. The Balaban J connectivity index is 1.95. The molecule has 23 heavy (non-hydrogen) atoms. The summed E-state index contributed by atoms with van der Waals surface area (Å²) in [5, 5.41) is 7.64. The Morgan fingerprint density at radius 1 is 0.739 bits per heavy atom. The number of aryl methyl sites for hydroxylation is 1. The van der Waals surface area contributed by atoms with Gasteiger partial charge in [-0.3, -0.25) is 14.4 Å². The summed E-state index contributed by atoms with van der Waals surface area (Å²) >= 11 is 0. The number of anilines is 3. The molecule has 0 spiro atoms. The van der Waals surface area contributed by atoms with Gasteiger partial charge in [0.2, 0.25) is 5.91 Å². The predicted molar refractivity (Wildman–Crippen MR) is 89.2 cm³/mol. The monoisotopic (exact) mass is 311 g/mol. The lowest BCUT2D eigenvalue weighted by molar-refractivity contribution is -0.132. The van der Waals surface area contributed by atoms with Gasteiger partial charge in [-0.1, -0.05) is 12.1 Å². The van der Waals surface area contributed by atoms with E-state index in [0.29, 0.717) is 17.1 Å². The lowest BCUT2D eigenvalue weighted by Crippen LogP contribution is -2.29. The first-order valence-electron chi connectivity index (χ1n) is 7.01. The smallest absolute Gasteiger partial charge is 0.314 e. The van der Waals surface area contributed by atoms with Crippen molar-refractivity contribution in [3.05, 3.63) is 54.1 Å². The molecule has 0 aromatic heterocycles. The molecule has 0 radical (unpaired) electrons. The van der Waals surface area contributed by atoms with E-state index in [1.54, 1.807) is 42.5 Å². The molecule has 0 aliphatic rings. The minimum Gasteiger partial charge on any atom is -0.326 e. The van der Waals surface area contributed by atoms with Crippen LogP contribution in [0.15, 0.2) is 48.5 Å². The number of hydrogen-bond acceptors (Lipinski definition) is 3. The Morgan fingerprint density at radius 2 is 1.26 bits per heavy atom. The molecule has 3 N–H and O–H groups in total. The molecule has 6 heteroatoms. The van der Waals surface area contributed by atoms with Crippen LogP contribution >= 0.6 is 0 Å². The van der Waals surface area contributed by atoms with Gasteiger partial charge in [-0.25, -0.2) is 0 Å². The van der Waals surface area contributed by atoms with Crippen molar-refractivity contribution in [1.82, 2.24) is 0 Å². The van der Waals surface area contributed by atoms with Gasteiger partial charge in [-0.15, -0.1) is 0 Å². The van der Waals surface area contributed by atoms with Gasteiger partial charge in [0.15, 0.2) is 0 Å². The van der Waals surface area contributed by atoms with Gasteiger partial charge in [-0.2, -0.15) is 0 Å². The van der Waals surface area contributed by atoms with Crippen LogP contribution in [-0.4, -0.2) is 17.7 Å². The molecule has 0 bridgehead atoms. The van der Waals surface area contributed by atoms with Crippen LogP contribution in [0.4, 0.5) is 17.1 Å². The van der Waals surface area contributed by atoms with E-state index in [2.05, 4.69) is 16.0 Å². The Morgan fingerprint density at radius 3 is 1.78 bits per heavy atom. The maximum Gasteiger partial charge on any atom is 0.314 e. The van der Waals surface area contributed by atoms with Crippen LogP contribution in [0.2, 0.25) is 0 Å². The van der Waals surface area contributed by atoms with Crippen molar-refractivity contribution in [1.29, 1.82) is 0 Å². The summed E-state index contributed by atoms with van der Waals surface area (Å²) in [7, 11) is 0. The number of amides is 3. The van der Waals surface area contributed by atoms with Crippen LogP contribution in [0.5, 0.6) is 0 Å². The molecule has 0 aliphatic heterocycles.